The van der Waals surface area contributed by atoms with Gasteiger partial charge in [0, 0.05) is 26.1 Å². The van der Waals surface area contributed by atoms with Crippen molar-refractivity contribution in [1.82, 2.24) is 14.7 Å². The summed E-state index contributed by atoms with van der Waals surface area (Å²) in [5, 5.41) is 13.0. The molecule has 1 heterocycles. The molecule has 0 fully saturated rings. The normalized spacial score (nSPS) is 11.4. The number of carbonyl (C=O) groups is 1. The molecule has 0 aliphatic rings. The van der Waals surface area contributed by atoms with E-state index in [1.54, 1.807) is 11.7 Å². The summed E-state index contributed by atoms with van der Waals surface area (Å²) in [5.41, 5.74) is 1.08. The summed E-state index contributed by atoms with van der Waals surface area (Å²) in [4.78, 5) is 13.1. The van der Waals surface area contributed by atoms with Crippen LogP contribution in [0, 0.1) is 0 Å². The molecular formula is C11H19N3O2. The number of hydrogen-bond acceptors (Lipinski definition) is 3. The second-order valence-electron chi connectivity index (χ2n) is 4.26. The summed E-state index contributed by atoms with van der Waals surface area (Å²) >= 11 is 0. The van der Waals surface area contributed by atoms with Crippen molar-refractivity contribution < 1.29 is 9.90 Å². The first-order valence-corrected chi connectivity index (χ1v) is 5.38. The summed E-state index contributed by atoms with van der Waals surface area (Å²) in [6.45, 7) is 5.06. The van der Waals surface area contributed by atoms with Crippen LogP contribution in [0.2, 0.25) is 0 Å². The fourth-order valence-corrected chi connectivity index (χ4v) is 1.48. The predicted octanol–water partition coefficient (Wildman–Crippen LogP) is 1.00. The van der Waals surface area contributed by atoms with Crippen LogP contribution in [0.25, 0.3) is 0 Å². The van der Waals surface area contributed by atoms with Crippen LogP contribution >= 0.6 is 0 Å². The van der Waals surface area contributed by atoms with E-state index in [4.69, 9.17) is 5.11 Å². The lowest BCUT2D eigenvalue weighted by atomic mass is 10.2. The van der Waals surface area contributed by atoms with Crippen LogP contribution in [0.15, 0.2) is 6.20 Å². The van der Waals surface area contributed by atoms with Crippen molar-refractivity contribution in [2.24, 2.45) is 7.05 Å². The Kier molecular flexibility index (Phi) is 4.06. The maximum Gasteiger partial charge on any atom is 0.339 e. The van der Waals surface area contributed by atoms with Crippen LogP contribution in [0.1, 0.15) is 29.9 Å². The fraction of sp³-hybridized carbons (Fsp3) is 0.636. The number of carboxylic acid groups (broad SMARTS) is 1. The maximum absolute atomic E-state index is 10.9. The molecule has 5 heteroatoms. The van der Waals surface area contributed by atoms with Gasteiger partial charge in [-0.15, -0.1) is 0 Å². The van der Waals surface area contributed by atoms with Crippen LogP contribution < -0.4 is 0 Å². The lowest BCUT2D eigenvalue weighted by Crippen LogP contribution is -2.29. The molecule has 0 aliphatic heterocycles. The van der Waals surface area contributed by atoms with E-state index in [2.05, 4.69) is 23.8 Å². The monoisotopic (exact) mass is 225 g/mol. The summed E-state index contributed by atoms with van der Waals surface area (Å²) in [6, 6.07) is 0.460. The first-order chi connectivity index (χ1) is 7.43. The third kappa shape index (κ3) is 2.82. The maximum atomic E-state index is 10.9. The Balaban J connectivity index is 2.73. The van der Waals surface area contributed by atoms with E-state index in [-0.39, 0.29) is 0 Å². The number of carboxylic acids is 1. The van der Waals surface area contributed by atoms with Gasteiger partial charge >= 0.3 is 5.97 Å². The van der Waals surface area contributed by atoms with Gasteiger partial charge in [-0.1, -0.05) is 0 Å². The molecule has 90 valence electrons. The molecule has 1 aromatic heterocycles. The topological polar surface area (TPSA) is 58.4 Å². The van der Waals surface area contributed by atoms with Crippen LogP contribution in [0.4, 0.5) is 0 Å². The second-order valence-corrected chi connectivity index (χ2v) is 4.26. The highest BCUT2D eigenvalue weighted by Gasteiger charge is 2.15. The molecule has 0 unspecified atom stereocenters. The van der Waals surface area contributed by atoms with E-state index in [1.807, 2.05) is 7.05 Å². The van der Waals surface area contributed by atoms with Gasteiger partial charge in [-0.25, -0.2) is 4.79 Å². The minimum Gasteiger partial charge on any atom is -0.478 e. The molecule has 0 saturated heterocycles. The van der Waals surface area contributed by atoms with Gasteiger partial charge in [0.25, 0.3) is 0 Å². The van der Waals surface area contributed by atoms with Crippen LogP contribution in [0.3, 0.4) is 0 Å². The van der Waals surface area contributed by atoms with E-state index in [0.717, 1.165) is 12.2 Å². The van der Waals surface area contributed by atoms with Gasteiger partial charge in [-0.05, 0) is 20.9 Å². The molecule has 0 amide bonds. The highest BCUT2D eigenvalue weighted by atomic mass is 16.4. The fourth-order valence-electron chi connectivity index (χ4n) is 1.48. The summed E-state index contributed by atoms with van der Waals surface area (Å²) in [5.74, 6) is -0.907. The van der Waals surface area contributed by atoms with Crippen molar-refractivity contribution >= 4 is 5.97 Å². The number of likely N-dealkylation sites (N-methyl/N-ethyl adjacent to an activating group) is 1. The van der Waals surface area contributed by atoms with Crippen LogP contribution in [-0.2, 0) is 13.5 Å². The number of rotatable bonds is 5. The highest BCUT2D eigenvalue weighted by Crippen LogP contribution is 2.09. The van der Waals surface area contributed by atoms with Gasteiger partial charge in [0.15, 0.2) is 0 Å². The number of aromatic carboxylic acids is 1. The van der Waals surface area contributed by atoms with Crippen LogP contribution in [-0.4, -0.2) is 45.4 Å². The number of aryl methyl sites for hydroxylation is 1. The lowest BCUT2D eigenvalue weighted by Gasteiger charge is -2.20. The third-order valence-corrected chi connectivity index (χ3v) is 2.87. The average Bonchev–Trinajstić information content (AvgIpc) is 2.56. The van der Waals surface area contributed by atoms with Crippen molar-refractivity contribution in [2.75, 3.05) is 13.6 Å². The Morgan fingerprint density at radius 3 is 2.75 bits per heavy atom. The molecule has 0 spiro atoms. The summed E-state index contributed by atoms with van der Waals surface area (Å²) < 4.78 is 1.64. The van der Waals surface area contributed by atoms with Crippen molar-refractivity contribution in [3.63, 3.8) is 0 Å². The molecule has 5 nitrogen and oxygen atoms in total. The Bertz CT molecular complexity index is 371. The molecule has 16 heavy (non-hydrogen) atoms. The number of hydrogen-bond donors (Lipinski definition) is 1. The zero-order valence-corrected chi connectivity index (χ0v) is 10.3. The van der Waals surface area contributed by atoms with Crippen molar-refractivity contribution in [2.45, 2.75) is 26.3 Å². The van der Waals surface area contributed by atoms with Gasteiger partial charge < -0.3 is 10.0 Å². The summed E-state index contributed by atoms with van der Waals surface area (Å²) in [6.07, 6.45) is 2.11. The number of aromatic nitrogens is 2. The van der Waals surface area contributed by atoms with E-state index >= 15 is 0 Å². The quantitative estimate of drug-likeness (QED) is 0.812. The van der Waals surface area contributed by atoms with Crippen molar-refractivity contribution in [3.8, 4) is 0 Å². The Morgan fingerprint density at radius 2 is 2.25 bits per heavy atom. The second kappa shape index (κ2) is 5.12. The zero-order valence-electron chi connectivity index (χ0n) is 10.3. The first kappa shape index (κ1) is 12.7. The summed E-state index contributed by atoms with van der Waals surface area (Å²) in [7, 11) is 3.80. The molecular weight excluding hydrogens is 206 g/mol. The minimum atomic E-state index is -0.907. The molecule has 1 rings (SSSR count). The molecule has 0 radical (unpaired) electrons. The molecule has 0 aromatic carbocycles. The number of nitrogens with zero attached hydrogens (tertiary/aromatic N) is 3. The molecule has 0 aliphatic carbocycles. The van der Waals surface area contributed by atoms with Gasteiger partial charge in [0.2, 0.25) is 0 Å². The van der Waals surface area contributed by atoms with Crippen molar-refractivity contribution in [3.05, 3.63) is 17.5 Å². The molecule has 0 saturated carbocycles. The molecule has 0 atom stereocenters. The van der Waals surface area contributed by atoms with Crippen molar-refractivity contribution in [1.29, 1.82) is 0 Å². The van der Waals surface area contributed by atoms with E-state index < -0.39 is 5.97 Å². The van der Waals surface area contributed by atoms with E-state index in [9.17, 15) is 4.79 Å². The van der Waals surface area contributed by atoms with Gasteiger partial charge in [0.05, 0.1) is 11.9 Å². The van der Waals surface area contributed by atoms with Crippen LogP contribution in [0.5, 0.6) is 0 Å². The Morgan fingerprint density at radius 1 is 1.62 bits per heavy atom. The van der Waals surface area contributed by atoms with Gasteiger partial charge in [0.1, 0.15) is 5.56 Å². The minimum absolute atomic E-state index is 0.305. The van der Waals surface area contributed by atoms with E-state index in [1.165, 1.54) is 6.20 Å². The smallest absolute Gasteiger partial charge is 0.339 e. The lowest BCUT2D eigenvalue weighted by molar-refractivity contribution is 0.0695. The standard InChI is InChI=1S/C11H19N3O2/c1-8(2)13(3)6-5-10-9(11(15)16)7-12-14(10)4/h7-8H,5-6H2,1-4H3,(H,15,16). The van der Waals surface area contributed by atoms with E-state index in [0.29, 0.717) is 18.0 Å². The highest BCUT2D eigenvalue weighted by molar-refractivity contribution is 5.88. The SMILES string of the molecule is CC(C)N(C)CCc1c(C(=O)O)cnn1C. The predicted molar refractivity (Wildman–Crippen MR) is 61.6 cm³/mol. The average molecular weight is 225 g/mol. The third-order valence-electron chi connectivity index (χ3n) is 2.87. The Hall–Kier alpha value is -1.36. The van der Waals surface area contributed by atoms with Gasteiger partial charge in [-0.3, -0.25) is 4.68 Å². The Labute approximate surface area is 95.7 Å². The first-order valence-electron chi connectivity index (χ1n) is 5.38. The molecule has 0 bridgehead atoms. The largest absolute Gasteiger partial charge is 0.478 e. The van der Waals surface area contributed by atoms with Gasteiger partial charge in [-0.2, -0.15) is 5.10 Å². The molecule has 1 N–H and O–H groups in total. The molecule has 1 aromatic rings. The zero-order chi connectivity index (χ0) is 12.3.